The minimum absolute atomic E-state index is 0.610. The molecule has 1 saturated heterocycles. The summed E-state index contributed by atoms with van der Waals surface area (Å²) < 4.78 is 5.94. The zero-order chi connectivity index (χ0) is 24.0. The van der Waals surface area contributed by atoms with Crippen molar-refractivity contribution in [1.82, 2.24) is 4.90 Å². The van der Waals surface area contributed by atoms with E-state index < -0.39 is 0 Å². The highest BCUT2D eigenvalue weighted by molar-refractivity contribution is 5.68. The fourth-order valence-electron chi connectivity index (χ4n) is 5.11. The number of hydrogen-bond donors (Lipinski definition) is 0. The van der Waals surface area contributed by atoms with Crippen molar-refractivity contribution < 1.29 is 4.74 Å². The van der Waals surface area contributed by atoms with Gasteiger partial charge in [0.2, 0.25) is 0 Å². The summed E-state index contributed by atoms with van der Waals surface area (Å²) in [4.78, 5) is 2.58. The number of hydrogen-bond acceptors (Lipinski definition) is 2. The summed E-state index contributed by atoms with van der Waals surface area (Å²) >= 11 is 0. The van der Waals surface area contributed by atoms with Gasteiger partial charge in [0.05, 0.1) is 0 Å². The highest BCUT2D eigenvalue weighted by Crippen LogP contribution is 2.32. The summed E-state index contributed by atoms with van der Waals surface area (Å²) in [6, 6.07) is 34.8. The van der Waals surface area contributed by atoms with Gasteiger partial charge < -0.3 is 4.74 Å². The number of nitrogens with zero attached hydrogens (tertiary/aromatic N) is 1. The zero-order valence-electron chi connectivity index (χ0n) is 20.9. The zero-order valence-corrected chi connectivity index (χ0v) is 20.9. The Morgan fingerprint density at radius 3 is 2.14 bits per heavy atom. The molecule has 1 aliphatic heterocycles. The van der Waals surface area contributed by atoms with E-state index in [1.54, 1.807) is 0 Å². The molecule has 0 radical (unpaired) electrons. The number of rotatable bonds is 7. The van der Waals surface area contributed by atoms with Crippen LogP contribution >= 0.6 is 0 Å². The molecule has 0 unspecified atom stereocenters. The predicted molar refractivity (Wildman–Crippen MR) is 146 cm³/mol. The van der Waals surface area contributed by atoms with Crippen LogP contribution in [-0.2, 0) is 13.2 Å². The van der Waals surface area contributed by atoms with E-state index in [4.69, 9.17) is 4.74 Å². The maximum atomic E-state index is 5.94. The molecule has 0 saturated carbocycles. The summed E-state index contributed by atoms with van der Waals surface area (Å²) in [5.74, 6) is 1.59. The Balaban J connectivity index is 1.12. The van der Waals surface area contributed by atoms with Crippen molar-refractivity contribution in [3.05, 3.63) is 125 Å². The second kappa shape index (κ2) is 10.9. The van der Waals surface area contributed by atoms with Crippen LogP contribution in [0.5, 0.6) is 5.75 Å². The lowest BCUT2D eigenvalue weighted by Crippen LogP contribution is -2.32. The molecule has 0 aromatic heterocycles. The van der Waals surface area contributed by atoms with E-state index in [0.717, 1.165) is 25.4 Å². The van der Waals surface area contributed by atoms with E-state index in [1.807, 2.05) is 18.2 Å². The average Bonchev–Trinajstić information content (AvgIpc) is 2.91. The molecule has 4 aromatic carbocycles. The van der Waals surface area contributed by atoms with E-state index >= 15 is 0 Å². The van der Waals surface area contributed by atoms with Crippen molar-refractivity contribution in [3.63, 3.8) is 0 Å². The molecule has 5 rings (SSSR count). The monoisotopic (exact) mass is 461 g/mol. The van der Waals surface area contributed by atoms with Crippen molar-refractivity contribution in [3.8, 4) is 16.9 Å². The lowest BCUT2D eigenvalue weighted by molar-refractivity contribution is 0.204. The van der Waals surface area contributed by atoms with Gasteiger partial charge in [0.1, 0.15) is 12.4 Å². The minimum atomic E-state index is 0.610. The predicted octanol–water partition coefficient (Wildman–Crippen LogP) is 7.93. The minimum Gasteiger partial charge on any atom is -0.489 e. The van der Waals surface area contributed by atoms with Gasteiger partial charge in [-0.15, -0.1) is 0 Å². The molecule has 0 aliphatic carbocycles. The van der Waals surface area contributed by atoms with Gasteiger partial charge in [-0.3, -0.25) is 4.90 Å². The molecular weight excluding hydrogens is 426 g/mol. The van der Waals surface area contributed by atoms with Gasteiger partial charge in [0.25, 0.3) is 0 Å². The van der Waals surface area contributed by atoms with Crippen molar-refractivity contribution in [1.29, 1.82) is 0 Å². The molecule has 0 atom stereocenters. The largest absolute Gasteiger partial charge is 0.489 e. The summed E-state index contributed by atoms with van der Waals surface area (Å²) in [6.45, 7) is 8.33. The average molecular weight is 462 g/mol. The van der Waals surface area contributed by atoms with E-state index in [9.17, 15) is 0 Å². The summed E-state index contributed by atoms with van der Waals surface area (Å²) in [6.07, 6.45) is 2.45. The Hall–Kier alpha value is -3.36. The fourth-order valence-corrected chi connectivity index (χ4v) is 5.11. The maximum absolute atomic E-state index is 5.94. The van der Waals surface area contributed by atoms with Gasteiger partial charge in [-0.1, -0.05) is 84.9 Å². The van der Waals surface area contributed by atoms with Gasteiger partial charge >= 0.3 is 0 Å². The molecule has 178 valence electrons. The van der Waals surface area contributed by atoms with Crippen LogP contribution in [0.1, 0.15) is 46.6 Å². The van der Waals surface area contributed by atoms with Gasteiger partial charge in [-0.25, -0.2) is 0 Å². The summed E-state index contributed by atoms with van der Waals surface area (Å²) in [7, 11) is 0. The number of benzene rings is 4. The highest BCUT2D eigenvalue weighted by atomic mass is 16.5. The lowest BCUT2D eigenvalue weighted by Gasteiger charge is -2.32. The third-order valence-electron chi connectivity index (χ3n) is 7.46. The third-order valence-corrected chi connectivity index (χ3v) is 7.46. The van der Waals surface area contributed by atoms with Gasteiger partial charge in [0.15, 0.2) is 0 Å². The Kier molecular flexibility index (Phi) is 7.30. The normalized spacial score (nSPS) is 14.7. The fraction of sp³-hybridized carbons (Fsp3) is 0.273. The molecule has 0 bridgehead atoms. The first-order valence-corrected chi connectivity index (χ1v) is 12.8. The molecule has 1 aliphatic rings. The van der Waals surface area contributed by atoms with Gasteiger partial charge in [-0.05, 0) is 96.8 Å². The number of ether oxygens (including phenoxy) is 1. The Morgan fingerprint density at radius 2 is 1.43 bits per heavy atom. The lowest BCUT2D eigenvalue weighted by atomic mass is 9.88. The second-order valence-corrected chi connectivity index (χ2v) is 9.84. The van der Waals surface area contributed by atoms with Crippen LogP contribution in [0.3, 0.4) is 0 Å². The van der Waals surface area contributed by atoms with Crippen LogP contribution in [0.15, 0.2) is 97.1 Å². The van der Waals surface area contributed by atoms with Gasteiger partial charge in [-0.2, -0.15) is 0 Å². The van der Waals surface area contributed by atoms with Crippen LogP contribution in [0.2, 0.25) is 0 Å². The number of likely N-dealkylation sites (tertiary alicyclic amines) is 1. The quantitative estimate of drug-likeness (QED) is 0.277. The van der Waals surface area contributed by atoms with Gasteiger partial charge in [0, 0.05) is 6.54 Å². The Labute approximate surface area is 210 Å². The van der Waals surface area contributed by atoms with Crippen LogP contribution in [0.25, 0.3) is 11.1 Å². The van der Waals surface area contributed by atoms with Crippen molar-refractivity contribution in [2.75, 3.05) is 13.1 Å². The van der Waals surface area contributed by atoms with E-state index in [-0.39, 0.29) is 0 Å². The van der Waals surface area contributed by atoms with E-state index in [0.29, 0.717) is 12.5 Å². The SMILES string of the molecule is Cc1cccc(-c2ccc(C3CCN(Cc4ccc(OCc5ccccc5)cc4)CC3)cc2)c1C. The van der Waals surface area contributed by atoms with Crippen LogP contribution < -0.4 is 4.74 Å². The second-order valence-electron chi connectivity index (χ2n) is 9.84. The van der Waals surface area contributed by atoms with E-state index in [1.165, 1.54) is 51.8 Å². The first-order chi connectivity index (χ1) is 17.2. The summed E-state index contributed by atoms with van der Waals surface area (Å²) in [5, 5.41) is 0. The third kappa shape index (κ3) is 5.83. The van der Waals surface area contributed by atoms with Crippen molar-refractivity contribution >= 4 is 0 Å². The molecule has 0 N–H and O–H groups in total. The molecule has 0 amide bonds. The standard InChI is InChI=1S/C33H35NO/c1-25-7-6-10-33(26(25)2)31-15-13-29(14-16-31)30-19-21-34(22-20-30)23-27-11-17-32(18-12-27)35-24-28-8-4-3-5-9-28/h3-18,30H,19-24H2,1-2H3. The van der Waals surface area contributed by atoms with Crippen LogP contribution in [0.4, 0.5) is 0 Å². The topological polar surface area (TPSA) is 12.5 Å². The Morgan fingerprint density at radius 1 is 0.714 bits per heavy atom. The molecule has 2 heteroatoms. The first-order valence-electron chi connectivity index (χ1n) is 12.8. The molecule has 1 fully saturated rings. The molecule has 35 heavy (non-hydrogen) atoms. The van der Waals surface area contributed by atoms with Crippen molar-refractivity contribution in [2.24, 2.45) is 0 Å². The number of piperidine rings is 1. The molecule has 2 nitrogen and oxygen atoms in total. The number of aryl methyl sites for hydroxylation is 1. The van der Waals surface area contributed by atoms with Crippen molar-refractivity contribution in [2.45, 2.75) is 45.8 Å². The van der Waals surface area contributed by atoms with E-state index in [2.05, 4.69) is 97.6 Å². The van der Waals surface area contributed by atoms with Crippen LogP contribution in [-0.4, -0.2) is 18.0 Å². The molecular formula is C33H35NO. The highest BCUT2D eigenvalue weighted by Gasteiger charge is 2.21. The maximum Gasteiger partial charge on any atom is 0.119 e. The molecule has 0 spiro atoms. The molecule has 1 heterocycles. The van der Waals surface area contributed by atoms with Crippen LogP contribution in [0, 0.1) is 13.8 Å². The molecule has 4 aromatic rings. The Bertz CT molecular complexity index is 1220. The summed E-state index contributed by atoms with van der Waals surface area (Å²) in [5.41, 5.74) is 9.44. The smallest absolute Gasteiger partial charge is 0.119 e. The first kappa shape index (κ1) is 23.4.